The molecule has 1 rings (SSSR count). The van der Waals surface area contributed by atoms with E-state index < -0.39 is 11.9 Å². The number of aryl methyl sites for hydroxylation is 1. The molecule has 0 fully saturated rings. The molecule has 0 bridgehead atoms. The van der Waals surface area contributed by atoms with Crippen LogP contribution in [0.25, 0.3) is 0 Å². The zero-order valence-corrected chi connectivity index (χ0v) is 12.3. The summed E-state index contributed by atoms with van der Waals surface area (Å²) in [5.41, 5.74) is 6.73. The lowest BCUT2D eigenvalue weighted by molar-refractivity contribution is -0.141. The average molecular weight is 279 g/mol. The number of rotatable bonds is 9. The van der Waals surface area contributed by atoms with Crippen molar-refractivity contribution in [2.75, 3.05) is 13.2 Å². The smallest absolute Gasteiger partial charge is 0.307 e. The van der Waals surface area contributed by atoms with E-state index in [0.717, 1.165) is 18.6 Å². The minimum Gasteiger partial charge on any atom is -0.494 e. The van der Waals surface area contributed by atoms with Crippen LogP contribution in [0.2, 0.25) is 0 Å². The van der Waals surface area contributed by atoms with Crippen molar-refractivity contribution in [1.29, 1.82) is 0 Å². The van der Waals surface area contributed by atoms with Gasteiger partial charge in [0, 0.05) is 6.54 Å². The Morgan fingerprint density at radius 3 is 2.50 bits per heavy atom. The fourth-order valence-corrected chi connectivity index (χ4v) is 2.23. The lowest BCUT2D eigenvalue weighted by Gasteiger charge is -2.16. The number of carboxylic acid groups (broad SMARTS) is 1. The van der Waals surface area contributed by atoms with Crippen molar-refractivity contribution >= 4 is 5.97 Å². The molecule has 1 aromatic carbocycles. The molecule has 0 saturated carbocycles. The number of carbonyl (C=O) groups is 1. The normalized spacial score (nSPS) is 13.8. The van der Waals surface area contributed by atoms with Crippen molar-refractivity contribution in [3.63, 3.8) is 0 Å². The summed E-state index contributed by atoms with van der Waals surface area (Å²) in [6.07, 6.45) is 2.56. The molecule has 3 N–H and O–H groups in total. The Hall–Kier alpha value is -1.55. The molecular weight excluding hydrogens is 254 g/mol. The van der Waals surface area contributed by atoms with Gasteiger partial charge in [-0.25, -0.2) is 0 Å². The quantitative estimate of drug-likeness (QED) is 0.729. The second-order valence-corrected chi connectivity index (χ2v) is 5.23. The Morgan fingerprint density at radius 2 is 2.00 bits per heavy atom. The van der Waals surface area contributed by atoms with Gasteiger partial charge in [0.15, 0.2) is 0 Å². The molecular formula is C16H25NO3. The highest BCUT2D eigenvalue weighted by Gasteiger charge is 2.18. The third-order valence-corrected chi connectivity index (χ3v) is 3.48. The third-order valence-electron chi connectivity index (χ3n) is 3.48. The summed E-state index contributed by atoms with van der Waals surface area (Å²) in [5, 5.41) is 8.99. The summed E-state index contributed by atoms with van der Waals surface area (Å²) < 4.78 is 5.40. The van der Waals surface area contributed by atoms with Gasteiger partial charge in [0.25, 0.3) is 0 Å². The number of nitrogens with two attached hydrogens (primary N) is 1. The highest BCUT2D eigenvalue weighted by molar-refractivity contribution is 5.70. The van der Waals surface area contributed by atoms with E-state index in [2.05, 4.69) is 19.1 Å². The minimum atomic E-state index is -0.791. The van der Waals surface area contributed by atoms with Crippen molar-refractivity contribution in [3.05, 3.63) is 29.8 Å². The van der Waals surface area contributed by atoms with E-state index in [1.807, 2.05) is 19.1 Å². The number of aliphatic carboxylic acids is 1. The molecule has 0 saturated heterocycles. The van der Waals surface area contributed by atoms with Crippen molar-refractivity contribution in [3.8, 4) is 5.75 Å². The maximum atomic E-state index is 10.9. The van der Waals surface area contributed by atoms with Gasteiger partial charge in [-0.3, -0.25) is 4.79 Å². The van der Waals surface area contributed by atoms with Gasteiger partial charge < -0.3 is 15.6 Å². The first-order valence-corrected chi connectivity index (χ1v) is 7.21. The molecule has 0 aliphatic carbocycles. The molecule has 2 atom stereocenters. The number of hydrogen-bond donors (Lipinski definition) is 2. The number of carboxylic acids is 1. The first kappa shape index (κ1) is 16.5. The summed E-state index contributed by atoms with van der Waals surface area (Å²) in [6.45, 7) is 4.93. The van der Waals surface area contributed by atoms with Gasteiger partial charge in [-0.05, 0) is 49.8 Å². The zero-order chi connectivity index (χ0) is 15.0. The van der Waals surface area contributed by atoms with Crippen molar-refractivity contribution in [2.45, 2.75) is 33.1 Å². The summed E-state index contributed by atoms with van der Waals surface area (Å²) in [5.74, 6) is 0.0235. The van der Waals surface area contributed by atoms with Gasteiger partial charge in [-0.1, -0.05) is 19.1 Å². The first-order valence-electron chi connectivity index (χ1n) is 7.21. The summed E-state index contributed by atoms with van der Waals surface area (Å²) in [4.78, 5) is 10.9. The highest BCUT2D eigenvalue weighted by atomic mass is 16.5. The largest absolute Gasteiger partial charge is 0.494 e. The molecule has 0 aromatic heterocycles. The van der Waals surface area contributed by atoms with Crippen LogP contribution in [-0.4, -0.2) is 24.2 Å². The molecule has 0 amide bonds. The summed E-state index contributed by atoms with van der Waals surface area (Å²) >= 11 is 0. The van der Waals surface area contributed by atoms with Crippen LogP contribution in [0.4, 0.5) is 0 Å². The average Bonchev–Trinajstić information content (AvgIpc) is 2.44. The van der Waals surface area contributed by atoms with Gasteiger partial charge >= 0.3 is 5.97 Å². The maximum absolute atomic E-state index is 10.9. The van der Waals surface area contributed by atoms with Gasteiger partial charge in [-0.2, -0.15) is 0 Å². The van der Waals surface area contributed by atoms with Crippen LogP contribution in [-0.2, 0) is 11.2 Å². The van der Waals surface area contributed by atoms with Crippen LogP contribution < -0.4 is 10.5 Å². The van der Waals surface area contributed by atoms with Gasteiger partial charge in [-0.15, -0.1) is 0 Å². The predicted molar refractivity (Wildman–Crippen MR) is 79.9 cm³/mol. The Bertz CT molecular complexity index is 403. The van der Waals surface area contributed by atoms with Gasteiger partial charge in [0.05, 0.1) is 12.5 Å². The number of benzene rings is 1. The third kappa shape index (κ3) is 5.61. The molecule has 0 radical (unpaired) electrons. The Kier molecular flexibility index (Phi) is 7.09. The Balaban J connectivity index is 2.40. The topological polar surface area (TPSA) is 72.5 Å². The predicted octanol–water partition coefficient (Wildman–Crippen LogP) is 2.70. The molecule has 0 aliphatic rings. The van der Waals surface area contributed by atoms with E-state index in [1.54, 1.807) is 0 Å². The van der Waals surface area contributed by atoms with Crippen LogP contribution in [0.15, 0.2) is 24.3 Å². The molecule has 0 heterocycles. The standard InChI is InChI=1S/C16H25NO3/c1-3-20-15-8-6-13(7-9-15)5-4-12(2)10-14(11-17)16(18)19/h6-9,12,14H,3-5,10-11,17H2,1-2H3,(H,18,19). The van der Waals surface area contributed by atoms with Gasteiger partial charge in [0.1, 0.15) is 5.75 Å². The van der Waals surface area contributed by atoms with Crippen LogP contribution in [0.3, 0.4) is 0 Å². The Labute approximate surface area is 120 Å². The molecule has 2 unspecified atom stereocenters. The molecule has 1 aromatic rings. The first-order chi connectivity index (χ1) is 9.56. The second-order valence-electron chi connectivity index (χ2n) is 5.23. The molecule has 0 aliphatic heterocycles. The monoisotopic (exact) mass is 279 g/mol. The fraction of sp³-hybridized carbons (Fsp3) is 0.562. The molecule has 4 heteroatoms. The van der Waals surface area contributed by atoms with Crippen molar-refractivity contribution < 1.29 is 14.6 Å². The van der Waals surface area contributed by atoms with E-state index >= 15 is 0 Å². The molecule has 20 heavy (non-hydrogen) atoms. The highest BCUT2D eigenvalue weighted by Crippen LogP contribution is 2.19. The van der Waals surface area contributed by atoms with Crippen molar-refractivity contribution in [1.82, 2.24) is 0 Å². The number of hydrogen-bond acceptors (Lipinski definition) is 3. The summed E-state index contributed by atoms with van der Waals surface area (Å²) in [7, 11) is 0. The van der Waals surface area contributed by atoms with Crippen LogP contribution in [0.5, 0.6) is 5.75 Å². The lowest BCUT2D eigenvalue weighted by Crippen LogP contribution is -2.25. The molecule has 4 nitrogen and oxygen atoms in total. The number of ether oxygens (including phenoxy) is 1. The van der Waals surface area contributed by atoms with E-state index in [9.17, 15) is 4.79 Å². The minimum absolute atomic E-state index is 0.211. The molecule has 0 spiro atoms. The maximum Gasteiger partial charge on any atom is 0.307 e. The van der Waals surface area contributed by atoms with E-state index in [-0.39, 0.29) is 6.54 Å². The Morgan fingerprint density at radius 1 is 1.35 bits per heavy atom. The summed E-state index contributed by atoms with van der Waals surface area (Å²) in [6, 6.07) is 8.08. The van der Waals surface area contributed by atoms with Gasteiger partial charge in [0.2, 0.25) is 0 Å². The lowest BCUT2D eigenvalue weighted by atomic mass is 9.91. The van der Waals surface area contributed by atoms with Crippen LogP contribution >= 0.6 is 0 Å². The second kappa shape index (κ2) is 8.59. The van der Waals surface area contributed by atoms with Crippen LogP contribution in [0, 0.1) is 11.8 Å². The van der Waals surface area contributed by atoms with E-state index in [0.29, 0.717) is 18.9 Å². The SMILES string of the molecule is CCOc1ccc(CCC(C)CC(CN)C(=O)O)cc1. The van der Waals surface area contributed by atoms with E-state index in [1.165, 1.54) is 5.56 Å². The van der Waals surface area contributed by atoms with Crippen LogP contribution in [0.1, 0.15) is 32.3 Å². The zero-order valence-electron chi connectivity index (χ0n) is 12.3. The molecule has 112 valence electrons. The fourth-order valence-electron chi connectivity index (χ4n) is 2.23. The van der Waals surface area contributed by atoms with Crippen molar-refractivity contribution in [2.24, 2.45) is 17.6 Å². The van der Waals surface area contributed by atoms with E-state index in [4.69, 9.17) is 15.6 Å².